The fraction of sp³-hybridized carbons (Fsp3) is 0.857. The molecule has 0 aromatic heterocycles. The van der Waals surface area contributed by atoms with Gasteiger partial charge in [-0.05, 0) is 104 Å². The van der Waals surface area contributed by atoms with Gasteiger partial charge < -0.3 is 64.9 Å². The van der Waals surface area contributed by atoms with Crippen LogP contribution >= 0.6 is 0 Å². The SMILES string of the molecule is C[C@]1(C(=O)O)CC[C@]2(C)CC[C@]3(C)C(=CC(=O)C4[C@@]5(C)CC[C@H](O[C@@H]6O[C@H](C(=O)O)[C@@H](O)[C@H](O)[C@H]6O[C@@H]6O[C@H](C(=O)O)[C@@H](O)[C@H](O)[C@H]6O)[C@](C)(CO)C5CC[C@]43C)[C@@H]2C1. The van der Waals surface area contributed by atoms with E-state index in [1.807, 2.05) is 19.9 Å². The molecule has 0 spiro atoms. The Morgan fingerprint density at radius 3 is 1.92 bits per heavy atom. The highest BCUT2D eigenvalue weighted by Gasteiger charge is 2.71. The van der Waals surface area contributed by atoms with Crippen LogP contribution in [-0.4, -0.2) is 144 Å². The molecule has 17 nitrogen and oxygen atoms in total. The number of ketones is 1. The van der Waals surface area contributed by atoms with Crippen LogP contribution < -0.4 is 0 Å². The first-order valence-corrected chi connectivity index (χ1v) is 20.9. The lowest BCUT2D eigenvalue weighted by Gasteiger charge is -2.70. The molecule has 7 aliphatic rings. The van der Waals surface area contributed by atoms with E-state index in [0.717, 1.165) is 24.8 Å². The predicted molar refractivity (Wildman–Crippen MR) is 201 cm³/mol. The molecule has 2 saturated heterocycles. The van der Waals surface area contributed by atoms with Crippen molar-refractivity contribution in [1.29, 1.82) is 0 Å². The largest absolute Gasteiger partial charge is 0.481 e. The summed E-state index contributed by atoms with van der Waals surface area (Å²) in [7, 11) is 0. The molecule has 20 atom stereocenters. The number of hydrogen-bond donors (Lipinski definition) is 9. The van der Waals surface area contributed by atoms with Crippen molar-refractivity contribution in [2.24, 2.45) is 50.2 Å². The van der Waals surface area contributed by atoms with Crippen molar-refractivity contribution >= 4 is 23.7 Å². The maximum Gasteiger partial charge on any atom is 0.335 e. The van der Waals surface area contributed by atoms with Crippen LogP contribution in [0.25, 0.3) is 0 Å². The Morgan fingerprint density at radius 1 is 0.729 bits per heavy atom. The van der Waals surface area contributed by atoms with Crippen molar-refractivity contribution in [3.05, 3.63) is 11.6 Å². The number of allylic oxidation sites excluding steroid dienone is 2. The standard InChI is InChI=1S/C42H62O17/c1-37-11-12-38(2,36(54)55)16-19(37)18-15-20(44)31-39(3)9-8-22(40(4,17-43)21(39)7-10-42(31,6)41(18,5)14-13-37)56-35-30(26(48)25(47)29(58-35)33(52)53)59-34-27(49)23(45)24(46)28(57-34)32(50)51/h15,19,21-31,34-35,43,45-49H,7-14,16-17H2,1-6H3,(H,50,51)(H,52,53)(H,54,55)/t19-,21?,22-,23-,24-,25-,26-,27+,28-,29-,30+,31?,34-,35+,37+,38-,39-,40+,41+,42+/m0/s1. The third-order valence-electron chi connectivity index (χ3n) is 17.4. The topological polar surface area (TPSA) is 287 Å². The maximum atomic E-state index is 14.9. The van der Waals surface area contributed by atoms with Crippen LogP contribution in [0.15, 0.2) is 11.6 Å². The van der Waals surface area contributed by atoms with Gasteiger partial charge in [0.05, 0.1) is 18.1 Å². The molecule has 0 radical (unpaired) electrons. The van der Waals surface area contributed by atoms with Gasteiger partial charge in [-0.2, -0.15) is 0 Å². The van der Waals surface area contributed by atoms with E-state index in [0.29, 0.717) is 32.1 Å². The van der Waals surface area contributed by atoms with Crippen LogP contribution in [0.3, 0.4) is 0 Å². The average molecular weight is 839 g/mol. The Bertz CT molecular complexity index is 1750. The summed E-state index contributed by atoms with van der Waals surface area (Å²) < 4.78 is 23.2. The van der Waals surface area contributed by atoms with E-state index in [1.54, 1.807) is 0 Å². The number of ether oxygens (including phenoxy) is 4. The number of carbonyl (C=O) groups excluding carboxylic acids is 1. The summed E-state index contributed by atoms with van der Waals surface area (Å²) >= 11 is 0. The smallest absolute Gasteiger partial charge is 0.335 e. The fourth-order valence-electron chi connectivity index (χ4n) is 13.4. The van der Waals surface area contributed by atoms with Crippen LogP contribution in [0.1, 0.15) is 99.3 Å². The molecule has 332 valence electrons. The molecule has 7 rings (SSSR count). The van der Waals surface area contributed by atoms with E-state index in [-0.39, 0.29) is 29.5 Å². The summed E-state index contributed by atoms with van der Waals surface area (Å²) in [6.45, 7) is 12.0. The Morgan fingerprint density at radius 2 is 1.32 bits per heavy atom. The molecule has 9 N–H and O–H groups in total. The number of aliphatic carboxylic acids is 3. The monoisotopic (exact) mass is 838 g/mol. The molecule has 2 unspecified atom stereocenters. The quantitative estimate of drug-likeness (QED) is 0.155. The van der Waals surface area contributed by atoms with Gasteiger partial charge >= 0.3 is 17.9 Å². The van der Waals surface area contributed by atoms with Crippen LogP contribution in [0.4, 0.5) is 0 Å². The minimum Gasteiger partial charge on any atom is -0.481 e. The summed E-state index contributed by atoms with van der Waals surface area (Å²) in [6, 6.07) is 0. The number of carboxylic acids is 3. The second-order valence-electron chi connectivity index (χ2n) is 20.5. The zero-order valence-corrected chi connectivity index (χ0v) is 34.5. The number of hydrogen-bond acceptors (Lipinski definition) is 14. The van der Waals surface area contributed by atoms with Crippen molar-refractivity contribution in [2.45, 2.75) is 167 Å². The van der Waals surface area contributed by atoms with Crippen molar-refractivity contribution in [2.75, 3.05) is 6.61 Å². The lowest BCUT2D eigenvalue weighted by molar-refractivity contribution is -0.372. The number of fused-ring (bicyclic) bond motifs is 7. The van der Waals surface area contributed by atoms with Crippen LogP contribution in [0.5, 0.6) is 0 Å². The summed E-state index contributed by atoms with van der Waals surface area (Å²) in [4.78, 5) is 51.4. The molecular weight excluding hydrogens is 776 g/mol. The van der Waals surface area contributed by atoms with Gasteiger partial charge in [0.15, 0.2) is 30.6 Å². The molecule has 0 amide bonds. The third-order valence-corrected chi connectivity index (χ3v) is 17.4. The highest BCUT2D eigenvalue weighted by molar-refractivity contribution is 5.95. The molecular formula is C42H62O17. The lowest BCUT2D eigenvalue weighted by atomic mass is 9.33. The Kier molecular flexibility index (Phi) is 11.1. The van der Waals surface area contributed by atoms with E-state index in [2.05, 4.69) is 27.7 Å². The summed E-state index contributed by atoms with van der Waals surface area (Å²) in [6.07, 6.45) is -13.8. The van der Waals surface area contributed by atoms with E-state index in [4.69, 9.17) is 18.9 Å². The first-order valence-electron chi connectivity index (χ1n) is 20.9. The van der Waals surface area contributed by atoms with Gasteiger partial charge in [-0.15, -0.1) is 0 Å². The Balaban J connectivity index is 1.19. The summed E-state index contributed by atoms with van der Waals surface area (Å²) in [5.74, 6) is -5.02. The number of carboxylic acid groups (broad SMARTS) is 3. The second-order valence-corrected chi connectivity index (χ2v) is 20.5. The molecule has 0 aromatic rings. The minimum absolute atomic E-state index is 0.0119. The molecule has 0 aromatic carbocycles. The summed E-state index contributed by atoms with van der Waals surface area (Å²) in [5, 5.41) is 94.3. The van der Waals surface area contributed by atoms with Crippen LogP contribution in [0.2, 0.25) is 0 Å². The highest BCUT2D eigenvalue weighted by atomic mass is 16.8. The molecule has 59 heavy (non-hydrogen) atoms. The van der Waals surface area contributed by atoms with Gasteiger partial charge in [-0.1, -0.05) is 40.2 Å². The van der Waals surface area contributed by atoms with Crippen molar-refractivity contribution in [1.82, 2.24) is 0 Å². The summed E-state index contributed by atoms with van der Waals surface area (Å²) in [5.41, 5.74) is -2.63. The van der Waals surface area contributed by atoms with E-state index >= 15 is 0 Å². The second kappa shape index (κ2) is 14.8. The number of aliphatic hydroxyl groups is 6. The molecule has 2 aliphatic heterocycles. The van der Waals surface area contributed by atoms with E-state index in [9.17, 15) is 65.1 Å². The molecule has 0 bridgehead atoms. The number of aliphatic hydroxyl groups excluding tert-OH is 6. The third kappa shape index (κ3) is 6.46. The van der Waals surface area contributed by atoms with Crippen molar-refractivity contribution in [3.8, 4) is 0 Å². The van der Waals surface area contributed by atoms with E-state index in [1.165, 1.54) is 0 Å². The Hall–Kier alpha value is -2.58. The number of carbonyl (C=O) groups is 4. The predicted octanol–water partition coefficient (Wildman–Crippen LogP) is 1.22. The molecule has 5 aliphatic carbocycles. The maximum absolute atomic E-state index is 14.9. The zero-order valence-electron chi connectivity index (χ0n) is 34.5. The minimum atomic E-state index is -2.10. The normalized spacial score (nSPS) is 53.5. The van der Waals surface area contributed by atoms with Gasteiger partial charge in [0, 0.05) is 11.3 Å². The van der Waals surface area contributed by atoms with Crippen LogP contribution in [0, 0.1) is 50.2 Å². The van der Waals surface area contributed by atoms with Gasteiger partial charge in [0.25, 0.3) is 0 Å². The first kappa shape index (κ1) is 44.5. The highest BCUT2D eigenvalue weighted by Crippen LogP contribution is 2.75. The Labute approximate surface area is 342 Å². The average Bonchev–Trinajstić information content (AvgIpc) is 3.16. The van der Waals surface area contributed by atoms with E-state index < -0.39 is 125 Å². The van der Waals surface area contributed by atoms with Gasteiger partial charge in [0.2, 0.25) is 0 Å². The fourth-order valence-corrected chi connectivity index (χ4v) is 13.4. The van der Waals surface area contributed by atoms with Crippen LogP contribution in [-0.2, 0) is 38.1 Å². The molecule has 6 fully saturated rings. The lowest BCUT2D eigenvalue weighted by Crippen LogP contribution is -2.69. The van der Waals surface area contributed by atoms with Crippen molar-refractivity contribution in [3.63, 3.8) is 0 Å². The number of rotatable bonds is 8. The first-order chi connectivity index (χ1) is 27.3. The molecule has 4 saturated carbocycles. The van der Waals surface area contributed by atoms with Gasteiger partial charge in [-0.3, -0.25) is 9.59 Å². The molecule has 2 heterocycles. The zero-order chi connectivity index (χ0) is 43.6. The van der Waals surface area contributed by atoms with Crippen molar-refractivity contribution < 1.29 is 84.1 Å². The van der Waals surface area contributed by atoms with Gasteiger partial charge in [0.1, 0.15) is 36.6 Å². The molecule has 17 heteroatoms. The van der Waals surface area contributed by atoms with Gasteiger partial charge in [-0.25, -0.2) is 9.59 Å².